The van der Waals surface area contributed by atoms with E-state index < -0.39 is 0 Å². The van der Waals surface area contributed by atoms with Crippen LogP contribution in [0.1, 0.15) is 60.3 Å². The molecule has 0 aliphatic heterocycles. The van der Waals surface area contributed by atoms with Crippen molar-refractivity contribution in [3.8, 4) is 0 Å². The van der Waals surface area contributed by atoms with Gasteiger partial charge in [-0.15, -0.1) is 0 Å². The maximum Gasteiger partial charge on any atom is -0.0391 e. The Balaban J connectivity index is -0.000000284. The number of hydrogen-bond donors (Lipinski definition) is 2. The summed E-state index contributed by atoms with van der Waals surface area (Å²) in [5.74, 6) is 2.97. The molecule has 0 aromatic carbocycles. The fraction of sp³-hybridized carbons (Fsp3) is 1.00. The van der Waals surface area contributed by atoms with Gasteiger partial charge in [-0.25, -0.2) is 0 Å². The molecule has 0 atom stereocenters. The standard InChI is InChI=1S/C10H20.C2H6.2H3N/c1-8(2)10-6-4-9(3)5-7-10;1-2;;/h8-10H,4-7H2,1-3H3;1-2H3;2*1H3. The SMILES string of the molecule is CC.CC1CCC(C(C)C)CC1.N.N. The Bertz CT molecular complexity index is 94.5. The monoisotopic (exact) mass is 204 g/mol. The van der Waals surface area contributed by atoms with Crippen LogP contribution in [0.5, 0.6) is 0 Å². The van der Waals surface area contributed by atoms with Crippen molar-refractivity contribution >= 4 is 0 Å². The zero-order chi connectivity index (χ0) is 9.56. The van der Waals surface area contributed by atoms with Crippen molar-refractivity contribution < 1.29 is 0 Å². The molecule has 0 unspecified atom stereocenters. The Kier molecular flexibility index (Phi) is 15.3. The zero-order valence-corrected chi connectivity index (χ0v) is 11.0. The van der Waals surface area contributed by atoms with Crippen LogP contribution in [0.15, 0.2) is 0 Å². The smallest absolute Gasteiger partial charge is 0.0391 e. The molecule has 14 heavy (non-hydrogen) atoms. The minimum Gasteiger partial charge on any atom is -0.344 e. The summed E-state index contributed by atoms with van der Waals surface area (Å²) in [6, 6.07) is 0. The first kappa shape index (κ1) is 19.5. The van der Waals surface area contributed by atoms with Crippen LogP contribution in [0.25, 0.3) is 0 Å². The highest BCUT2D eigenvalue weighted by Crippen LogP contribution is 2.32. The van der Waals surface area contributed by atoms with E-state index in [-0.39, 0.29) is 12.3 Å². The van der Waals surface area contributed by atoms with Crippen LogP contribution < -0.4 is 12.3 Å². The van der Waals surface area contributed by atoms with Gasteiger partial charge in [-0.1, -0.05) is 47.5 Å². The van der Waals surface area contributed by atoms with Gasteiger partial charge in [-0.3, -0.25) is 0 Å². The lowest BCUT2D eigenvalue weighted by Crippen LogP contribution is -2.16. The van der Waals surface area contributed by atoms with Crippen LogP contribution in [-0.2, 0) is 0 Å². The fourth-order valence-corrected chi connectivity index (χ4v) is 1.95. The highest BCUT2D eigenvalue weighted by Gasteiger charge is 2.19. The Labute approximate surface area is 91.0 Å². The molecular formula is C12H32N2. The second kappa shape index (κ2) is 11.0. The predicted molar refractivity (Wildman–Crippen MR) is 67.4 cm³/mol. The van der Waals surface area contributed by atoms with Crippen molar-refractivity contribution in [3.63, 3.8) is 0 Å². The molecule has 0 saturated heterocycles. The first-order valence-corrected chi connectivity index (χ1v) is 5.70. The van der Waals surface area contributed by atoms with Gasteiger partial charge < -0.3 is 12.3 Å². The minimum atomic E-state index is 0. The Morgan fingerprint density at radius 2 is 1.21 bits per heavy atom. The van der Waals surface area contributed by atoms with Crippen LogP contribution in [-0.4, -0.2) is 0 Å². The van der Waals surface area contributed by atoms with Crippen LogP contribution in [0.3, 0.4) is 0 Å². The van der Waals surface area contributed by atoms with Crippen molar-refractivity contribution in [1.29, 1.82) is 0 Å². The zero-order valence-electron chi connectivity index (χ0n) is 11.0. The third-order valence-corrected chi connectivity index (χ3v) is 3.00. The molecule has 0 radical (unpaired) electrons. The van der Waals surface area contributed by atoms with Gasteiger partial charge in [0.2, 0.25) is 0 Å². The predicted octanol–water partition coefficient (Wildman–Crippen LogP) is 4.82. The number of rotatable bonds is 1. The average Bonchev–Trinajstić information content (AvgIpc) is 2.09. The van der Waals surface area contributed by atoms with Crippen LogP contribution in [0.4, 0.5) is 0 Å². The van der Waals surface area contributed by atoms with Crippen molar-refractivity contribution in [1.82, 2.24) is 12.3 Å². The lowest BCUT2D eigenvalue weighted by atomic mass is 9.78. The van der Waals surface area contributed by atoms with E-state index >= 15 is 0 Å². The molecule has 1 aliphatic carbocycles. The fourth-order valence-electron chi connectivity index (χ4n) is 1.95. The molecule has 0 bridgehead atoms. The van der Waals surface area contributed by atoms with Gasteiger partial charge in [-0.2, -0.15) is 0 Å². The van der Waals surface area contributed by atoms with Crippen molar-refractivity contribution in [3.05, 3.63) is 0 Å². The summed E-state index contributed by atoms with van der Waals surface area (Å²) >= 11 is 0. The molecule has 1 fully saturated rings. The van der Waals surface area contributed by atoms with Crippen LogP contribution >= 0.6 is 0 Å². The number of hydrogen-bond acceptors (Lipinski definition) is 2. The maximum absolute atomic E-state index is 2.39. The summed E-state index contributed by atoms with van der Waals surface area (Å²) in [7, 11) is 0. The van der Waals surface area contributed by atoms with Gasteiger partial charge in [0.15, 0.2) is 0 Å². The van der Waals surface area contributed by atoms with E-state index in [4.69, 9.17) is 0 Å². The molecule has 0 aromatic heterocycles. The third kappa shape index (κ3) is 7.34. The van der Waals surface area contributed by atoms with Crippen molar-refractivity contribution in [2.75, 3.05) is 0 Å². The quantitative estimate of drug-likeness (QED) is 0.643. The lowest BCUT2D eigenvalue weighted by molar-refractivity contribution is 0.234. The first-order chi connectivity index (χ1) is 5.70. The van der Waals surface area contributed by atoms with Gasteiger partial charge in [0.1, 0.15) is 0 Å². The molecule has 0 heterocycles. The van der Waals surface area contributed by atoms with Gasteiger partial charge >= 0.3 is 0 Å². The Hall–Kier alpha value is -0.0800. The van der Waals surface area contributed by atoms with E-state index in [1.54, 1.807) is 0 Å². The van der Waals surface area contributed by atoms with Crippen molar-refractivity contribution in [2.45, 2.75) is 60.3 Å². The molecule has 0 aromatic rings. The normalized spacial score (nSPS) is 25.3. The summed E-state index contributed by atoms with van der Waals surface area (Å²) in [5.41, 5.74) is 0. The summed E-state index contributed by atoms with van der Waals surface area (Å²) in [5, 5.41) is 0. The molecule has 90 valence electrons. The summed E-state index contributed by atoms with van der Waals surface area (Å²) in [4.78, 5) is 0. The molecule has 2 nitrogen and oxygen atoms in total. The van der Waals surface area contributed by atoms with E-state index in [0.717, 1.165) is 17.8 Å². The molecule has 1 saturated carbocycles. The summed E-state index contributed by atoms with van der Waals surface area (Å²) in [6.07, 6.45) is 5.92. The van der Waals surface area contributed by atoms with E-state index in [9.17, 15) is 0 Å². The van der Waals surface area contributed by atoms with E-state index in [2.05, 4.69) is 20.8 Å². The first-order valence-electron chi connectivity index (χ1n) is 5.70. The molecule has 2 heteroatoms. The third-order valence-electron chi connectivity index (χ3n) is 3.00. The highest BCUT2D eigenvalue weighted by molar-refractivity contribution is 4.71. The summed E-state index contributed by atoms with van der Waals surface area (Å²) < 4.78 is 0. The van der Waals surface area contributed by atoms with E-state index in [1.165, 1.54) is 25.7 Å². The van der Waals surface area contributed by atoms with Gasteiger partial charge in [0.05, 0.1) is 0 Å². The molecule has 6 N–H and O–H groups in total. The lowest BCUT2D eigenvalue weighted by Gasteiger charge is -2.28. The average molecular weight is 204 g/mol. The topological polar surface area (TPSA) is 70.0 Å². The molecule has 1 aliphatic rings. The second-order valence-electron chi connectivity index (χ2n) is 4.26. The van der Waals surface area contributed by atoms with Gasteiger partial charge in [-0.05, 0) is 30.6 Å². The maximum atomic E-state index is 2.39. The minimum absolute atomic E-state index is 0. The van der Waals surface area contributed by atoms with Crippen LogP contribution in [0, 0.1) is 17.8 Å². The van der Waals surface area contributed by atoms with Crippen LogP contribution in [0.2, 0.25) is 0 Å². The molecule has 1 rings (SSSR count). The molecule has 0 amide bonds. The molecular weight excluding hydrogens is 172 g/mol. The van der Waals surface area contributed by atoms with E-state index in [0.29, 0.717) is 0 Å². The van der Waals surface area contributed by atoms with E-state index in [1.807, 2.05) is 13.8 Å². The summed E-state index contributed by atoms with van der Waals surface area (Å²) in [6.45, 7) is 11.1. The van der Waals surface area contributed by atoms with Crippen molar-refractivity contribution in [2.24, 2.45) is 17.8 Å². The molecule has 0 spiro atoms. The Morgan fingerprint density at radius 1 is 0.857 bits per heavy atom. The van der Waals surface area contributed by atoms with Gasteiger partial charge in [0.25, 0.3) is 0 Å². The Morgan fingerprint density at radius 3 is 1.50 bits per heavy atom. The highest BCUT2D eigenvalue weighted by atomic mass is 14.3. The van der Waals surface area contributed by atoms with Gasteiger partial charge in [0, 0.05) is 0 Å². The second-order valence-corrected chi connectivity index (χ2v) is 4.26. The largest absolute Gasteiger partial charge is 0.344 e.